The van der Waals surface area contributed by atoms with Crippen molar-refractivity contribution in [2.24, 2.45) is 0 Å². The number of likely N-dealkylation sites (tertiary alicyclic amines) is 1. The SMILES string of the molecule is CC(C)(C)OP(=O)(O)OCCCOCP(=O)(O)OCCCCCCCCCCCCSC1CC(=O)N(CCN2C(=O)C=CC2=O)C1=O. The lowest BCUT2D eigenvalue weighted by atomic mass is 10.1. The predicted molar refractivity (Wildman–Crippen MR) is 177 cm³/mol. The minimum atomic E-state index is -4.16. The Morgan fingerprint density at radius 3 is 1.89 bits per heavy atom. The lowest BCUT2D eigenvalue weighted by molar-refractivity contribution is -0.142. The number of nitrogens with zero attached hydrogens (tertiary/aromatic N) is 2. The molecule has 3 atom stereocenters. The van der Waals surface area contributed by atoms with Crippen LogP contribution in [-0.2, 0) is 46.6 Å². The Labute approximate surface area is 282 Å². The molecule has 270 valence electrons. The molecule has 3 unspecified atom stereocenters. The fourth-order valence-corrected chi connectivity index (χ4v) is 7.99. The summed E-state index contributed by atoms with van der Waals surface area (Å²) < 4.78 is 43.9. The van der Waals surface area contributed by atoms with E-state index in [-0.39, 0.29) is 57.6 Å². The zero-order valence-electron chi connectivity index (χ0n) is 27.8. The molecule has 0 aromatic rings. The van der Waals surface area contributed by atoms with Crippen LogP contribution in [0.3, 0.4) is 0 Å². The van der Waals surface area contributed by atoms with Gasteiger partial charge in [-0.2, -0.15) is 0 Å². The van der Waals surface area contributed by atoms with Gasteiger partial charge in [0.25, 0.3) is 11.8 Å². The molecule has 2 N–H and O–H groups in total. The van der Waals surface area contributed by atoms with Gasteiger partial charge in [-0.15, -0.1) is 11.8 Å². The van der Waals surface area contributed by atoms with Crippen LogP contribution in [-0.4, -0.2) is 99.1 Å². The van der Waals surface area contributed by atoms with Crippen LogP contribution < -0.4 is 0 Å². The van der Waals surface area contributed by atoms with E-state index >= 15 is 0 Å². The molecule has 0 aliphatic carbocycles. The van der Waals surface area contributed by atoms with Crippen LogP contribution in [0.2, 0.25) is 0 Å². The quantitative estimate of drug-likeness (QED) is 0.0676. The summed E-state index contributed by atoms with van der Waals surface area (Å²) in [5, 5.41) is -0.393. The van der Waals surface area contributed by atoms with Crippen molar-refractivity contribution >= 4 is 50.8 Å². The fourth-order valence-electron chi connectivity index (χ4n) is 4.85. The van der Waals surface area contributed by atoms with Gasteiger partial charge >= 0.3 is 15.4 Å². The van der Waals surface area contributed by atoms with Crippen LogP contribution in [0.1, 0.15) is 97.8 Å². The average Bonchev–Trinajstić information content (AvgIpc) is 3.43. The van der Waals surface area contributed by atoms with E-state index in [2.05, 4.69) is 0 Å². The van der Waals surface area contributed by atoms with Gasteiger partial charge < -0.3 is 19.0 Å². The lowest BCUT2D eigenvalue weighted by Crippen LogP contribution is -2.41. The number of thioether (sulfide) groups is 1. The number of imide groups is 2. The van der Waals surface area contributed by atoms with E-state index in [9.17, 15) is 38.1 Å². The smallest absolute Gasteiger partial charge is 0.369 e. The third kappa shape index (κ3) is 17.7. The highest BCUT2D eigenvalue weighted by Crippen LogP contribution is 2.47. The van der Waals surface area contributed by atoms with Crippen molar-refractivity contribution in [3.63, 3.8) is 0 Å². The largest absolute Gasteiger partial charge is 0.472 e. The number of phosphoric ester groups is 1. The first kappa shape index (κ1) is 41.8. The summed E-state index contributed by atoms with van der Waals surface area (Å²) >= 11 is 1.50. The lowest BCUT2D eigenvalue weighted by Gasteiger charge is -2.22. The molecule has 47 heavy (non-hydrogen) atoms. The number of hydrogen-bond donors (Lipinski definition) is 2. The first-order valence-electron chi connectivity index (χ1n) is 16.3. The maximum absolute atomic E-state index is 12.6. The highest BCUT2D eigenvalue weighted by atomic mass is 32.2. The van der Waals surface area contributed by atoms with Crippen molar-refractivity contribution in [3.8, 4) is 0 Å². The van der Waals surface area contributed by atoms with E-state index in [1.165, 1.54) is 23.9 Å². The summed E-state index contributed by atoms with van der Waals surface area (Å²) in [7, 11) is -8.02. The predicted octanol–water partition coefficient (Wildman–Crippen LogP) is 5.17. The maximum Gasteiger partial charge on any atom is 0.472 e. The van der Waals surface area contributed by atoms with E-state index in [4.69, 9.17) is 18.3 Å². The number of unbranched alkanes of at least 4 members (excludes halogenated alkanes) is 9. The number of rotatable bonds is 26. The second-order valence-corrected chi connectivity index (χ2v) is 17.0. The van der Waals surface area contributed by atoms with E-state index < -0.39 is 44.4 Å². The fraction of sp³-hybridized carbons (Fsp3) is 0.800. The molecule has 2 aliphatic rings. The minimum absolute atomic E-state index is 0.0197. The van der Waals surface area contributed by atoms with Crippen molar-refractivity contribution in [1.29, 1.82) is 0 Å². The zero-order chi connectivity index (χ0) is 34.9. The number of phosphoric acid groups is 1. The summed E-state index contributed by atoms with van der Waals surface area (Å²) in [5.74, 6) is -0.541. The Balaban J connectivity index is 1.37. The maximum atomic E-state index is 12.6. The number of hydrogen-bond acceptors (Lipinski definition) is 11. The van der Waals surface area contributed by atoms with Gasteiger partial charge in [0.1, 0.15) is 6.35 Å². The van der Waals surface area contributed by atoms with E-state index in [0.717, 1.165) is 73.3 Å². The van der Waals surface area contributed by atoms with E-state index in [1.807, 2.05) is 0 Å². The van der Waals surface area contributed by atoms with Crippen LogP contribution in [0.4, 0.5) is 0 Å². The molecule has 0 aromatic carbocycles. The molecule has 2 heterocycles. The first-order chi connectivity index (χ1) is 22.1. The molecule has 0 aromatic heterocycles. The molecule has 1 saturated heterocycles. The summed E-state index contributed by atoms with van der Waals surface area (Å²) in [5.41, 5.74) is -0.829. The Bertz CT molecular complexity index is 1140. The third-order valence-corrected chi connectivity index (χ3v) is 10.8. The second kappa shape index (κ2) is 21.0. The van der Waals surface area contributed by atoms with Gasteiger partial charge in [-0.05, 0) is 45.8 Å². The van der Waals surface area contributed by atoms with Crippen molar-refractivity contribution in [2.75, 3.05) is 45.0 Å². The Morgan fingerprint density at radius 2 is 1.30 bits per heavy atom. The Hall–Kier alpha value is -1.41. The molecule has 4 amide bonds. The second-order valence-electron chi connectivity index (χ2n) is 12.5. The molecule has 0 radical (unpaired) electrons. The van der Waals surface area contributed by atoms with Gasteiger partial charge in [0.2, 0.25) is 11.8 Å². The van der Waals surface area contributed by atoms with Crippen molar-refractivity contribution in [3.05, 3.63) is 12.2 Å². The highest BCUT2D eigenvalue weighted by Gasteiger charge is 2.39. The molecular weight excluding hydrogens is 674 g/mol. The molecule has 0 spiro atoms. The van der Waals surface area contributed by atoms with Crippen LogP contribution >= 0.6 is 27.2 Å². The van der Waals surface area contributed by atoms with Gasteiger partial charge in [0.15, 0.2) is 0 Å². The van der Waals surface area contributed by atoms with Crippen LogP contribution in [0.15, 0.2) is 12.2 Å². The van der Waals surface area contributed by atoms with Crippen LogP contribution in [0.5, 0.6) is 0 Å². The number of carbonyl (C=O) groups excluding carboxylic acids is 4. The molecule has 14 nitrogen and oxygen atoms in total. The summed E-state index contributed by atoms with van der Waals surface area (Å²) in [6.45, 7) is 5.11. The topological polar surface area (TPSA) is 186 Å². The normalized spacial score (nSPS) is 19.6. The van der Waals surface area contributed by atoms with Crippen molar-refractivity contribution < 1.29 is 56.4 Å². The van der Waals surface area contributed by atoms with Gasteiger partial charge in [-0.3, -0.25) is 42.6 Å². The molecule has 2 aliphatic heterocycles. The van der Waals surface area contributed by atoms with Gasteiger partial charge in [-0.1, -0.05) is 51.4 Å². The molecule has 17 heteroatoms. The molecule has 0 bridgehead atoms. The summed E-state index contributed by atoms with van der Waals surface area (Å²) in [6, 6.07) is 0. The highest BCUT2D eigenvalue weighted by molar-refractivity contribution is 8.00. The number of ether oxygens (including phenoxy) is 1. The first-order valence-corrected chi connectivity index (χ1v) is 20.6. The molecule has 1 fully saturated rings. The van der Waals surface area contributed by atoms with E-state index in [0.29, 0.717) is 6.42 Å². The molecule has 2 rings (SSSR count). The molecule has 0 saturated carbocycles. The zero-order valence-corrected chi connectivity index (χ0v) is 30.4. The number of amides is 4. The van der Waals surface area contributed by atoms with Gasteiger partial charge in [0, 0.05) is 38.3 Å². The summed E-state index contributed by atoms with van der Waals surface area (Å²) in [4.78, 5) is 69.9. The summed E-state index contributed by atoms with van der Waals surface area (Å²) in [6.07, 6.45) is 12.5. The van der Waals surface area contributed by atoms with Gasteiger partial charge in [0.05, 0.1) is 24.1 Å². The van der Waals surface area contributed by atoms with Crippen LogP contribution in [0, 0.1) is 0 Å². The van der Waals surface area contributed by atoms with Gasteiger partial charge in [-0.25, -0.2) is 4.57 Å². The number of carbonyl (C=O) groups is 4. The van der Waals surface area contributed by atoms with Crippen molar-refractivity contribution in [2.45, 2.75) is 109 Å². The Kier molecular flexibility index (Phi) is 18.6. The van der Waals surface area contributed by atoms with Crippen molar-refractivity contribution in [1.82, 2.24) is 9.80 Å². The average molecular weight is 727 g/mol. The minimum Gasteiger partial charge on any atom is -0.369 e. The molecular formula is C30H52N2O12P2S. The standard InChI is InChI=1S/C30H52N2O12P2S/c1-30(2,3)44-46(39,40)43-21-14-19-41-24-45(37,38)42-20-12-10-8-6-4-5-7-9-11-13-22-47-25-23-28(35)32(29(25)36)18-17-31-26(33)15-16-27(31)34/h15-16,25H,4-14,17-24H2,1-3H3,(H,37,38)(H,39,40). The van der Waals surface area contributed by atoms with E-state index in [1.54, 1.807) is 20.8 Å². The monoisotopic (exact) mass is 726 g/mol. The third-order valence-electron chi connectivity index (χ3n) is 7.13. The Morgan fingerprint density at radius 1 is 0.766 bits per heavy atom. The van der Waals surface area contributed by atoms with Crippen LogP contribution in [0.25, 0.3) is 0 Å².